The van der Waals surface area contributed by atoms with Crippen LogP contribution in [0, 0.1) is 5.82 Å². The molecule has 0 aliphatic rings. The van der Waals surface area contributed by atoms with Crippen LogP contribution in [0.1, 0.15) is 0 Å². The standard InChI is InChI=1S/C10H11BrClFO2/c11-8-1-2-9(13)10(7-8)15-6-5-14-4-3-12/h1-2,7H,3-6H2. The second kappa shape index (κ2) is 7.04. The van der Waals surface area contributed by atoms with Gasteiger partial charge in [0, 0.05) is 10.4 Å². The highest BCUT2D eigenvalue weighted by Gasteiger charge is 2.03. The van der Waals surface area contributed by atoms with Crippen molar-refractivity contribution in [2.24, 2.45) is 0 Å². The Hall–Kier alpha value is -0.320. The van der Waals surface area contributed by atoms with Crippen molar-refractivity contribution in [1.29, 1.82) is 0 Å². The maximum Gasteiger partial charge on any atom is 0.165 e. The molecule has 1 rings (SSSR count). The topological polar surface area (TPSA) is 18.5 Å². The zero-order valence-electron chi connectivity index (χ0n) is 8.01. The van der Waals surface area contributed by atoms with Crippen LogP contribution in [0.15, 0.2) is 22.7 Å². The maximum absolute atomic E-state index is 13.1. The minimum Gasteiger partial charge on any atom is -0.488 e. The van der Waals surface area contributed by atoms with E-state index in [1.165, 1.54) is 6.07 Å². The summed E-state index contributed by atoms with van der Waals surface area (Å²) in [6.45, 7) is 1.19. The van der Waals surface area contributed by atoms with Crippen molar-refractivity contribution in [3.8, 4) is 5.75 Å². The van der Waals surface area contributed by atoms with Crippen LogP contribution in [-0.4, -0.2) is 25.7 Å². The van der Waals surface area contributed by atoms with Crippen molar-refractivity contribution < 1.29 is 13.9 Å². The minimum atomic E-state index is -0.379. The van der Waals surface area contributed by atoms with Gasteiger partial charge in [-0.3, -0.25) is 0 Å². The van der Waals surface area contributed by atoms with Gasteiger partial charge in [0.15, 0.2) is 11.6 Å². The van der Waals surface area contributed by atoms with Crippen LogP contribution in [0.2, 0.25) is 0 Å². The molecular formula is C10H11BrClFO2. The third kappa shape index (κ3) is 4.82. The van der Waals surface area contributed by atoms with E-state index in [-0.39, 0.29) is 11.6 Å². The first-order chi connectivity index (χ1) is 7.24. The van der Waals surface area contributed by atoms with Gasteiger partial charge in [0.05, 0.1) is 13.2 Å². The Labute approximate surface area is 101 Å². The molecule has 84 valence electrons. The van der Waals surface area contributed by atoms with Gasteiger partial charge in [0.1, 0.15) is 6.61 Å². The zero-order chi connectivity index (χ0) is 11.1. The molecule has 1 aromatic rings. The van der Waals surface area contributed by atoms with E-state index in [0.29, 0.717) is 25.7 Å². The lowest BCUT2D eigenvalue weighted by Crippen LogP contribution is -2.08. The van der Waals surface area contributed by atoms with Gasteiger partial charge in [-0.05, 0) is 18.2 Å². The Kier molecular flexibility index (Phi) is 5.98. The first-order valence-electron chi connectivity index (χ1n) is 4.45. The quantitative estimate of drug-likeness (QED) is 0.593. The molecule has 0 atom stereocenters. The Balaban J connectivity index is 2.33. The molecule has 0 heterocycles. The molecule has 0 bridgehead atoms. The third-order valence-electron chi connectivity index (χ3n) is 1.60. The number of benzene rings is 1. The van der Waals surface area contributed by atoms with Crippen molar-refractivity contribution in [3.63, 3.8) is 0 Å². The molecule has 5 heteroatoms. The number of hydrogen-bond acceptors (Lipinski definition) is 2. The van der Waals surface area contributed by atoms with E-state index in [9.17, 15) is 4.39 Å². The smallest absolute Gasteiger partial charge is 0.165 e. The maximum atomic E-state index is 13.1. The highest BCUT2D eigenvalue weighted by Crippen LogP contribution is 2.21. The fourth-order valence-electron chi connectivity index (χ4n) is 0.955. The van der Waals surface area contributed by atoms with E-state index in [1.54, 1.807) is 12.1 Å². The van der Waals surface area contributed by atoms with Crippen LogP contribution < -0.4 is 4.74 Å². The molecule has 0 aliphatic heterocycles. The average Bonchev–Trinajstić information content (AvgIpc) is 2.23. The lowest BCUT2D eigenvalue weighted by atomic mass is 10.3. The van der Waals surface area contributed by atoms with Gasteiger partial charge in [-0.15, -0.1) is 11.6 Å². The average molecular weight is 298 g/mol. The second-order valence-electron chi connectivity index (χ2n) is 2.72. The fourth-order valence-corrected chi connectivity index (χ4v) is 1.40. The van der Waals surface area contributed by atoms with E-state index in [2.05, 4.69) is 15.9 Å². The molecular weight excluding hydrogens is 286 g/mol. The van der Waals surface area contributed by atoms with Crippen LogP contribution in [0.25, 0.3) is 0 Å². The second-order valence-corrected chi connectivity index (χ2v) is 4.02. The van der Waals surface area contributed by atoms with E-state index in [4.69, 9.17) is 21.1 Å². The zero-order valence-corrected chi connectivity index (χ0v) is 10.4. The summed E-state index contributed by atoms with van der Waals surface area (Å²) in [4.78, 5) is 0. The predicted octanol–water partition coefficient (Wildman–Crippen LogP) is 3.22. The Morgan fingerprint density at radius 3 is 2.80 bits per heavy atom. The highest BCUT2D eigenvalue weighted by molar-refractivity contribution is 9.10. The summed E-state index contributed by atoms with van der Waals surface area (Å²) >= 11 is 8.65. The minimum absolute atomic E-state index is 0.221. The molecule has 0 fully saturated rings. The van der Waals surface area contributed by atoms with Gasteiger partial charge in [0.2, 0.25) is 0 Å². The third-order valence-corrected chi connectivity index (χ3v) is 2.25. The molecule has 15 heavy (non-hydrogen) atoms. The Morgan fingerprint density at radius 2 is 2.07 bits per heavy atom. The van der Waals surface area contributed by atoms with Crippen LogP contribution in [0.3, 0.4) is 0 Å². The normalized spacial score (nSPS) is 10.3. The van der Waals surface area contributed by atoms with Crippen molar-refractivity contribution in [1.82, 2.24) is 0 Å². The van der Waals surface area contributed by atoms with Crippen LogP contribution in [-0.2, 0) is 4.74 Å². The van der Waals surface area contributed by atoms with Crippen molar-refractivity contribution in [3.05, 3.63) is 28.5 Å². The number of hydrogen-bond donors (Lipinski definition) is 0. The van der Waals surface area contributed by atoms with Crippen molar-refractivity contribution in [2.75, 3.05) is 25.7 Å². The molecule has 0 unspecified atom stereocenters. The van der Waals surface area contributed by atoms with Gasteiger partial charge in [-0.1, -0.05) is 15.9 Å². The van der Waals surface area contributed by atoms with E-state index >= 15 is 0 Å². The fraction of sp³-hybridized carbons (Fsp3) is 0.400. The van der Waals surface area contributed by atoms with E-state index in [0.717, 1.165) is 4.47 Å². The Bertz CT molecular complexity index is 309. The summed E-state index contributed by atoms with van der Waals surface area (Å²) in [6, 6.07) is 4.54. The first kappa shape index (κ1) is 12.7. The summed E-state index contributed by atoms with van der Waals surface area (Å²) in [6.07, 6.45) is 0. The molecule has 2 nitrogen and oxygen atoms in total. The summed E-state index contributed by atoms with van der Waals surface area (Å²) in [5, 5.41) is 0. The molecule has 0 aromatic heterocycles. The predicted molar refractivity (Wildman–Crippen MR) is 61.1 cm³/mol. The van der Waals surface area contributed by atoms with Gasteiger partial charge >= 0.3 is 0 Å². The molecule has 1 aromatic carbocycles. The first-order valence-corrected chi connectivity index (χ1v) is 5.78. The highest BCUT2D eigenvalue weighted by atomic mass is 79.9. The van der Waals surface area contributed by atoms with Gasteiger partial charge < -0.3 is 9.47 Å². The molecule has 0 amide bonds. The summed E-state index contributed by atoms with van der Waals surface area (Å²) in [5.41, 5.74) is 0. The SMILES string of the molecule is Fc1ccc(Br)cc1OCCOCCCl. The molecule has 0 radical (unpaired) electrons. The van der Waals surface area contributed by atoms with Crippen LogP contribution in [0.5, 0.6) is 5.75 Å². The van der Waals surface area contributed by atoms with Crippen LogP contribution >= 0.6 is 27.5 Å². The van der Waals surface area contributed by atoms with Gasteiger partial charge in [-0.2, -0.15) is 0 Å². The van der Waals surface area contributed by atoms with E-state index < -0.39 is 0 Å². The molecule has 0 spiro atoms. The van der Waals surface area contributed by atoms with E-state index in [1.807, 2.05) is 0 Å². The number of ether oxygens (including phenoxy) is 2. The summed E-state index contributed by atoms with van der Waals surface area (Å²) in [7, 11) is 0. The number of rotatable bonds is 6. The molecule has 0 aliphatic carbocycles. The molecule has 0 saturated heterocycles. The Morgan fingerprint density at radius 1 is 1.27 bits per heavy atom. The number of halogens is 3. The monoisotopic (exact) mass is 296 g/mol. The largest absolute Gasteiger partial charge is 0.488 e. The number of alkyl halides is 1. The lowest BCUT2D eigenvalue weighted by Gasteiger charge is -2.07. The van der Waals surface area contributed by atoms with Crippen LogP contribution in [0.4, 0.5) is 4.39 Å². The van der Waals surface area contributed by atoms with Crippen molar-refractivity contribution >= 4 is 27.5 Å². The molecule has 0 N–H and O–H groups in total. The lowest BCUT2D eigenvalue weighted by molar-refractivity contribution is 0.110. The summed E-state index contributed by atoms with van der Waals surface area (Å²) in [5.74, 6) is 0.292. The summed E-state index contributed by atoms with van der Waals surface area (Å²) < 4.78 is 24.2. The van der Waals surface area contributed by atoms with Crippen molar-refractivity contribution in [2.45, 2.75) is 0 Å². The van der Waals surface area contributed by atoms with Gasteiger partial charge in [-0.25, -0.2) is 4.39 Å². The molecule has 0 saturated carbocycles. The van der Waals surface area contributed by atoms with Gasteiger partial charge in [0.25, 0.3) is 0 Å².